The molecule has 1 aromatic heterocycles. The maximum atomic E-state index is 4.88. The van der Waals surface area contributed by atoms with Crippen molar-refractivity contribution in [3.8, 4) is 0 Å². The van der Waals surface area contributed by atoms with E-state index in [1.807, 2.05) is 0 Å². The van der Waals surface area contributed by atoms with Gasteiger partial charge in [0, 0.05) is 31.1 Å². The van der Waals surface area contributed by atoms with Crippen molar-refractivity contribution in [2.24, 2.45) is 10.9 Å². The monoisotopic (exact) mass is 491 g/mol. The van der Waals surface area contributed by atoms with E-state index in [4.69, 9.17) is 4.99 Å². The van der Waals surface area contributed by atoms with Gasteiger partial charge in [0.15, 0.2) is 5.96 Å². The molecular formula is C19H34IN5S. The van der Waals surface area contributed by atoms with Crippen LogP contribution in [0.4, 0.5) is 0 Å². The number of hydrogen-bond donors (Lipinski definition) is 2. The van der Waals surface area contributed by atoms with E-state index in [9.17, 15) is 0 Å². The van der Waals surface area contributed by atoms with Crippen molar-refractivity contribution in [2.45, 2.75) is 65.0 Å². The minimum Gasteiger partial charge on any atom is -0.357 e. The molecule has 1 aliphatic carbocycles. The molecule has 1 aliphatic heterocycles. The Kier molecular flexibility index (Phi) is 9.63. The summed E-state index contributed by atoms with van der Waals surface area (Å²) in [5.41, 5.74) is 1.23. The zero-order valence-electron chi connectivity index (χ0n) is 16.2. The molecule has 2 aliphatic rings. The van der Waals surface area contributed by atoms with E-state index in [0.29, 0.717) is 12.0 Å². The van der Waals surface area contributed by atoms with Gasteiger partial charge in [-0.15, -0.1) is 35.3 Å². The van der Waals surface area contributed by atoms with Crippen LogP contribution in [0, 0.1) is 12.8 Å². The maximum Gasteiger partial charge on any atom is 0.191 e. The number of halogens is 1. The molecule has 1 saturated carbocycles. The fourth-order valence-electron chi connectivity index (χ4n) is 3.84. The quantitative estimate of drug-likeness (QED) is 0.362. The van der Waals surface area contributed by atoms with Gasteiger partial charge in [-0.05, 0) is 58.5 Å². The fourth-order valence-corrected chi connectivity index (χ4v) is 4.44. The number of guanidine groups is 1. The standard InChI is InChI=1S/C19H33N5S.HI/c1-3-20-19(23-17-6-4-5-7-17)21-12-16-8-10-24(11-9-16)13-18-14-25-15(2)22-18;/h14,16-17H,3-13H2,1-2H3,(H2,20,21,23);1H. The van der Waals surface area contributed by atoms with Crippen LogP contribution in [0.3, 0.4) is 0 Å². The van der Waals surface area contributed by atoms with Crippen LogP contribution >= 0.6 is 35.3 Å². The molecule has 1 aromatic rings. The van der Waals surface area contributed by atoms with Crippen LogP contribution in [0.5, 0.6) is 0 Å². The maximum absolute atomic E-state index is 4.88. The van der Waals surface area contributed by atoms with Crippen LogP contribution in [-0.2, 0) is 6.54 Å². The Bertz CT molecular complexity index is 548. The van der Waals surface area contributed by atoms with Crippen LogP contribution < -0.4 is 10.6 Å². The Morgan fingerprint density at radius 1 is 1.27 bits per heavy atom. The zero-order valence-corrected chi connectivity index (χ0v) is 19.3. The van der Waals surface area contributed by atoms with Crippen LogP contribution in [0.15, 0.2) is 10.4 Å². The summed E-state index contributed by atoms with van der Waals surface area (Å²) in [6.45, 7) is 9.46. The highest BCUT2D eigenvalue weighted by atomic mass is 127. The average Bonchev–Trinajstić information content (AvgIpc) is 3.26. The molecule has 2 heterocycles. The molecule has 0 bridgehead atoms. The first-order chi connectivity index (χ1) is 12.2. The number of likely N-dealkylation sites (tertiary alicyclic amines) is 1. The lowest BCUT2D eigenvalue weighted by molar-refractivity contribution is 0.179. The van der Waals surface area contributed by atoms with Crippen LogP contribution in [0.25, 0.3) is 0 Å². The second kappa shape index (κ2) is 11.4. The van der Waals surface area contributed by atoms with Crippen molar-refractivity contribution in [3.63, 3.8) is 0 Å². The summed E-state index contributed by atoms with van der Waals surface area (Å²) in [4.78, 5) is 12.0. The smallest absolute Gasteiger partial charge is 0.191 e. The number of aromatic nitrogens is 1. The number of piperidine rings is 1. The molecular weight excluding hydrogens is 457 g/mol. The van der Waals surface area contributed by atoms with E-state index in [2.05, 4.69) is 39.7 Å². The summed E-state index contributed by atoms with van der Waals surface area (Å²) in [7, 11) is 0. The average molecular weight is 491 g/mol. The molecule has 2 fully saturated rings. The largest absolute Gasteiger partial charge is 0.357 e. The van der Waals surface area contributed by atoms with Crippen molar-refractivity contribution in [1.82, 2.24) is 20.5 Å². The molecule has 2 N–H and O–H groups in total. The Morgan fingerprint density at radius 2 is 2.00 bits per heavy atom. The van der Waals surface area contributed by atoms with Crippen molar-refractivity contribution in [3.05, 3.63) is 16.1 Å². The van der Waals surface area contributed by atoms with Gasteiger partial charge in [-0.25, -0.2) is 4.98 Å². The van der Waals surface area contributed by atoms with Gasteiger partial charge in [0.25, 0.3) is 0 Å². The van der Waals surface area contributed by atoms with Crippen molar-refractivity contribution >= 4 is 41.3 Å². The van der Waals surface area contributed by atoms with Gasteiger partial charge >= 0.3 is 0 Å². The SMILES string of the molecule is CCNC(=NCC1CCN(Cc2csc(C)n2)CC1)NC1CCCC1.I. The van der Waals surface area contributed by atoms with Gasteiger partial charge in [0.1, 0.15) is 0 Å². The predicted octanol–water partition coefficient (Wildman–Crippen LogP) is 3.78. The normalized spacial score (nSPS) is 20.2. The summed E-state index contributed by atoms with van der Waals surface area (Å²) in [5.74, 6) is 1.74. The fraction of sp³-hybridized carbons (Fsp3) is 0.789. The zero-order chi connectivity index (χ0) is 17.5. The highest BCUT2D eigenvalue weighted by Gasteiger charge is 2.20. The lowest BCUT2D eigenvalue weighted by atomic mass is 9.97. The number of aliphatic imine (C=N–C) groups is 1. The molecule has 3 rings (SSSR count). The molecule has 1 saturated heterocycles. The summed E-state index contributed by atoms with van der Waals surface area (Å²) in [5, 5.41) is 10.4. The van der Waals surface area contributed by atoms with Gasteiger partial charge in [-0.3, -0.25) is 9.89 Å². The predicted molar refractivity (Wildman–Crippen MR) is 122 cm³/mol. The molecule has 26 heavy (non-hydrogen) atoms. The first kappa shape index (κ1) is 21.9. The third kappa shape index (κ3) is 6.96. The van der Waals surface area contributed by atoms with E-state index in [0.717, 1.165) is 25.6 Å². The molecule has 0 unspecified atom stereocenters. The number of nitrogens with one attached hydrogen (secondary N) is 2. The highest BCUT2D eigenvalue weighted by molar-refractivity contribution is 14.0. The van der Waals surface area contributed by atoms with Gasteiger partial charge in [0.2, 0.25) is 0 Å². The molecule has 5 nitrogen and oxygen atoms in total. The van der Waals surface area contributed by atoms with Crippen LogP contribution in [0.1, 0.15) is 56.2 Å². The Hall–Kier alpha value is -0.410. The summed E-state index contributed by atoms with van der Waals surface area (Å²) in [6, 6.07) is 0.626. The highest BCUT2D eigenvalue weighted by Crippen LogP contribution is 2.20. The number of rotatable bonds is 6. The third-order valence-corrected chi connectivity index (χ3v) is 6.13. The first-order valence-corrected chi connectivity index (χ1v) is 10.8. The van der Waals surface area contributed by atoms with Gasteiger partial charge in [-0.2, -0.15) is 0 Å². The van der Waals surface area contributed by atoms with E-state index >= 15 is 0 Å². The Morgan fingerprint density at radius 3 is 2.62 bits per heavy atom. The van der Waals surface area contributed by atoms with E-state index in [1.54, 1.807) is 11.3 Å². The Labute approximate surface area is 179 Å². The summed E-state index contributed by atoms with van der Waals surface area (Å²) < 4.78 is 0. The first-order valence-electron chi connectivity index (χ1n) is 9.91. The van der Waals surface area contributed by atoms with Crippen LogP contribution in [-0.4, -0.2) is 48.1 Å². The molecule has 0 radical (unpaired) electrons. The third-order valence-electron chi connectivity index (χ3n) is 5.31. The molecule has 0 amide bonds. The van der Waals surface area contributed by atoms with Crippen LogP contribution in [0.2, 0.25) is 0 Å². The van der Waals surface area contributed by atoms with Crippen molar-refractivity contribution in [1.29, 1.82) is 0 Å². The summed E-state index contributed by atoms with van der Waals surface area (Å²) >= 11 is 1.75. The Balaban J connectivity index is 0.00000243. The van der Waals surface area contributed by atoms with Gasteiger partial charge in [0.05, 0.1) is 10.7 Å². The van der Waals surface area contributed by atoms with Gasteiger partial charge < -0.3 is 10.6 Å². The molecule has 0 spiro atoms. The molecule has 7 heteroatoms. The van der Waals surface area contributed by atoms with E-state index in [-0.39, 0.29) is 24.0 Å². The summed E-state index contributed by atoms with van der Waals surface area (Å²) in [6.07, 6.45) is 7.78. The van der Waals surface area contributed by atoms with E-state index in [1.165, 1.54) is 62.3 Å². The van der Waals surface area contributed by atoms with Gasteiger partial charge in [-0.1, -0.05) is 12.8 Å². The number of nitrogens with zero attached hydrogens (tertiary/aromatic N) is 3. The topological polar surface area (TPSA) is 52.6 Å². The van der Waals surface area contributed by atoms with Crippen molar-refractivity contribution < 1.29 is 0 Å². The second-order valence-electron chi connectivity index (χ2n) is 7.42. The molecule has 0 atom stereocenters. The van der Waals surface area contributed by atoms with E-state index < -0.39 is 0 Å². The van der Waals surface area contributed by atoms with Crippen molar-refractivity contribution in [2.75, 3.05) is 26.2 Å². The number of hydrogen-bond acceptors (Lipinski definition) is 4. The minimum absolute atomic E-state index is 0. The molecule has 0 aromatic carbocycles. The lowest BCUT2D eigenvalue weighted by Gasteiger charge is -2.30. The number of aryl methyl sites for hydroxylation is 1. The lowest BCUT2D eigenvalue weighted by Crippen LogP contribution is -2.43. The molecule has 148 valence electrons. The second-order valence-corrected chi connectivity index (χ2v) is 8.48. The minimum atomic E-state index is 0. The number of thiazole rings is 1.